The molecule has 5 rings (SSSR count). The minimum absolute atomic E-state index is 0.0798. The third-order valence-electron chi connectivity index (χ3n) is 8.91. The molecule has 3 aliphatic rings. The van der Waals surface area contributed by atoms with Crippen LogP contribution >= 0.6 is 11.8 Å². The average Bonchev–Trinajstić information content (AvgIpc) is 3.24. The number of rotatable bonds is 7. The highest BCUT2D eigenvalue weighted by Crippen LogP contribution is 2.56. The van der Waals surface area contributed by atoms with Crippen molar-refractivity contribution in [1.82, 2.24) is 4.90 Å². The molecular formula is C34H44N2O2S. The molecule has 2 bridgehead atoms. The van der Waals surface area contributed by atoms with Gasteiger partial charge in [-0.05, 0) is 127 Å². The second kappa shape index (κ2) is 11.5. The Labute approximate surface area is 239 Å². The molecule has 1 heterocycles. The summed E-state index contributed by atoms with van der Waals surface area (Å²) in [5.41, 5.74) is 5.50. The lowest BCUT2D eigenvalue weighted by Gasteiger charge is -2.50. The number of carbonyl (C=O) groups is 1. The van der Waals surface area contributed by atoms with Gasteiger partial charge < -0.3 is 10.0 Å². The summed E-state index contributed by atoms with van der Waals surface area (Å²) in [6, 6.07) is 12.8. The Hall–Kier alpha value is -2.53. The molecule has 4 nitrogen and oxygen atoms in total. The van der Waals surface area contributed by atoms with E-state index in [9.17, 15) is 9.90 Å². The third kappa shape index (κ3) is 5.84. The Morgan fingerprint density at radius 2 is 1.64 bits per heavy atom. The van der Waals surface area contributed by atoms with E-state index in [1.807, 2.05) is 13.0 Å². The van der Waals surface area contributed by atoms with E-state index in [4.69, 9.17) is 0 Å². The predicted octanol–water partition coefficient (Wildman–Crippen LogP) is 8.56. The highest BCUT2D eigenvalue weighted by molar-refractivity contribution is 8.18. The van der Waals surface area contributed by atoms with Crippen molar-refractivity contribution < 1.29 is 9.90 Å². The minimum atomic E-state index is -0.143. The number of nitrogens with zero attached hydrogens (tertiary/aromatic N) is 2. The molecule has 2 aliphatic carbocycles. The highest BCUT2D eigenvalue weighted by Gasteiger charge is 2.46. The molecule has 1 N–H and O–H groups in total. The standard InChI is InChI=1S/C34H44N2O2S/c1-6-12-36(13-7-2)33-35-32(38)30(39-33)17-25-8-10-27(11-9-25)28-16-24(5)31(37)29(18-28)34-19-22(3)14-26(21-34)15-23(4)20-34/h8-11,16-18,22-23,26,37H,6-7,12-15,19-21H2,1-5H3/b30-17-. The molecule has 2 aromatic rings. The molecule has 2 fully saturated rings. The van der Waals surface area contributed by atoms with Crippen molar-refractivity contribution in [2.24, 2.45) is 22.7 Å². The van der Waals surface area contributed by atoms with Gasteiger partial charge in [0.05, 0.1) is 4.91 Å². The third-order valence-corrected chi connectivity index (χ3v) is 9.95. The maximum Gasteiger partial charge on any atom is 0.286 e. The van der Waals surface area contributed by atoms with Crippen LogP contribution in [-0.4, -0.2) is 34.2 Å². The fourth-order valence-corrected chi connectivity index (χ4v) is 8.65. The van der Waals surface area contributed by atoms with Gasteiger partial charge >= 0.3 is 0 Å². The fourth-order valence-electron chi connectivity index (χ4n) is 7.68. The topological polar surface area (TPSA) is 52.9 Å². The first-order valence-electron chi connectivity index (χ1n) is 14.9. The molecule has 0 saturated heterocycles. The van der Waals surface area contributed by atoms with E-state index in [0.29, 0.717) is 22.5 Å². The largest absolute Gasteiger partial charge is 0.507 e. The number of phenols is 1. The zero-order valence-electron chi connectivity index (χ0n) is 24.3. The Morgan fingerprint density at radius 1 is 1.00 bits per heavy atom. The summed E-state index contributed by atoms with van der Waals surface area (Å²) in [4.78, 5) is 19.9. The van der Waals surface area contributed by atoms with E-state index >= 15 is 0 Å². The number of fused-ring (bicyclic) bond motifs is 2. The Morgan fingerprint density at radius 3 is 2.26 bits per heavy atom. The first-order chi connectivity index (χ1) is 18.7. The molecule has 0 radical (unpaired) electrons. The molecular weight excluding hydrogens is 500 g/mol. The molecule has 1 amide bonds. The van der Waals surface area contributed by atoms with Crippen molar-refractivity contribution in [2.75, 3.05) is 13.1 Å². The number of amidine groups is 1. The van der Waals surface area contributed by atoms with Gasteiger partial charge in [-0.3, -0.25) is 4.79 Å². The minimum Gasteiger partial charge on any atom is -0.507 e. The molecule has 2 unspecified atom stereocenters. The summed E-state index contributed by atoms with van der Waals surface area (Å²) < 4.78 is 0. The summed E-state index contributed by atoms with van der Waals surface area (Å²) in [5, 5.41) is 12.1. The number of aryl methyl sites for hydroxylation is 1. The molecule has 2 aromatic carbocycles. The van der Waals surface area contributed by atoms with Crippen LogP contribution in [0.3, 0.4) is 0 Å². The normalized spacial score (nSPS) is 27.6. The van der Waals surface area contributed by atoms with E-state index in [-0.39, 0.29) is 11.3 Å². The van der Waals surface area contributed by atoms with Crippen molar-refractivity contribution in [3.05, 3.63) is 58.0 Å². The van der Waals surface area contributed by atoms with Crippen LogP contribution in [0.5, 0.6) is 5.75 Å². The summed E-state index contributed by atoms with van der Waals surface area (Å²) in [7, 11) is 0. The maximum atomic E-state index is 12.7. The zero-order chi connectivity index (χ0) is 27.7. The average molecular weight is 545 g/mol. The van der Waals surface area contributed by atoms with Crippen molar-refractivity contribution in [3.63, 3.8) is 0 Å². The van der Waals surface area contributed by atoms with Gasteiger partial charge in [0.15, 0.2) is 5.17 Å². The van der Waals surface area contributed by atoms with Gasteiger partial charge in [-0.25, -0.2) is 0 Å². The van der Waals surface area contributed by atoms with Crippen LogP contribution < -0.4 is 0 Å². The second-order valence-corrected chi connectivity index (χ2v) is 13.6. The van der Waals surface area contributed by atoms with E-state index < -0.39 is 0 Å². The van der Waals surface area contributed by atoms with Crippen LogP contribution in [-0.2, 0) is 10.2 Å². The van der Waals surface area contributed by atoms with Gasteiger partial charge in [-0.2, -0.15) is 4.99 Å². The van der Waals surface area contributed by atoms with Crippen molar-refractivity contribution in [2.45, 2.75) is 85.0 Å². The van der Waals surface area contributed by atoms with Crippen LogP contribution in [0.15, 0.2) is 46.3 Å². The number of thioether (sulfide) groups is 1. The number of amides is 1. The number of hydrogen-bond acceptors (Lipinski definition) is 4. The van der Waals surface area contributed by atoms with Gasteiger partial charge in [0.1, 0.15) is 5.75 Å². The quantitative estimate of drug-likeness (QED) is 0.355. The second-order valence-electron chi connectivity index (χ2n) is 12.5. The molecule has 1 aliphatic heterocycles. The molecule has 2 saturated carbocycles. The van der Waals surface area contributed by atoms with Gasteiger partial charge in [-0.15, -0.1) is 0 Å². The molecule has 39 heavy (non-hydrogen) atoms. The van der Waals surface area contributed by atoms with E-state index in [2.05, 4.69) is 74.0 Å². The zero-order valence-corrected chi connectivity index (χ0v) is 25.1. The number of carbonyl (C=O) groups excluding carboxylic acids is 1. The summed E-state index contributed by atoms with van der Waals surface area (Å²) in [6.45, 7) is 13.0. The number of aliphatic imine (C=N–C) groups is 1. The van der Waals surface area contributed by atoms with Gasteiger partial charge in [0.2, 0.25) is 0 Å². The monoisotopic (exact) mass is 544 g/mol. The number of hydrogen-bond donors (Lipinski definition) is 1. The molecule has 0 aromatic heterocycles. The first kappa shape index (κ1) is 28.0. The van der Waals surface area contributed by atoms with Crippen LogP contribution in [0, 0.1) is 24.7 Å². The van der Waals surface area contributed by atoms with E-state index in [0.717, 1.165) is 64.8 Å². The van der Waals surface area contributed by atoms with Gasteiger partial charge in [0.25, 0.3) is 5.91 Å². The summed E-state index contributed by atoms with van der Waals surface area (Å²) in [6.07, 6.45) is 10.2. The van der Waals surface area contributed by atoms with Crippen LogP contribution in [0.2, 0.25) is 0 Å². The SMILES string of the molecule is CCCN(CCC)C1=NC(=O)/C(=C/c2ccc(-c3cc(C)c(O)c(C45CC(C)CC(CC(C)C4)C5)c3)cc2)S1. The van der Waals surface area contributed by atoms with E-state index in [1.54, 1.807) is 0 Å². The number of benzene rings is 2. The lowest BCUT2D eigenvalue weighted by atomic mass is 9.54. The Balaban J connectivity index is 1.40. The Kier molecular flexibility index (Phi) is 8.28. The number of aromatic hydroxyl groups is 1. The van der Waals surface area contributed by atoms with Crippen LogP contribution in [0.1, 0.15) is 89.3 Å². The number of phenolic OH excluding ortho intramolecular Hbond substituents is 1. The van der Waals surface area contributed by atoms with Crippen molar-refractivity contribution in [1.29, 1.82) is 0 Å². The lowest BCUT2D eigenvalue weighted by molar-refractivity contribution is -0.113. The smallest absolute Gasteiger partial charge is 0.286 e. The van der Waals surface area contributed by atoms with Gasteiger partial charge in [0, 0.05) is 18.7 Å². The van der Waals surface area contributed by atoms with Crippen molar-refractivity contribution >= 4 is 28.9 Å². The van der Waals surface area contributed by atoms with Crippen molar-refractivity contribution in [3.8, 4) is 16.9 Å². The molecule has 5 heteroatoms. The molecule has 2 atom stereocenters. The maximum absolute atomic E-state index is 12.7. The predicted molar refractivity (Wildman–Crippen MR) is 165 cm³/mol. The first-order valence-corrected chi connectivity index (χ1v) is 15.7. The molecule has 208 valence electrons. The molecule has 0 spiro atoms. The van der Waals surface area contributed by atoms with Crippen LogP contribution in [0.25, 0.3) is 17.2 Å². The van der Waals surface area contributed by atoms with Gasteiger partial charge in [-0.1, -0.05) is 52.0 Å². The van der Waals surface area contributed by atoms with Crippen LogP contribution in [0.4, 0.5) is 0 Å². The van der Waals surface area contributed by atoms with E-state index in [1.165, 1.54) is 43.9 Å². The summed E-state index contributed by atoms with van der Waals surface area (Å²) in [5.74, 6) is 2.52. The fraction of sp³-hybridized carbons (Fsp3) is 0.529. The lowest BCUT2D eigenvalue weighted by Crippen LogP contribution is -2.42. The highest BCUT2D eigenvalue weighted by atomic mass is 32.2. The Bertz CT molecular complexity index is 1250. The summed E-state index contributed by atoms with van der Waals surface area (Å²) >= 11 is 1.49.